The smallest absolute Gasteiger partial charge is 0.134 e. The lowest BCUT2D eigenvalue weighted by Crippen LogP contribution is -2.34. The molecule has 0 heterocycles. The Morgan fingerprint density at radius 2 is 1.48 bits per heavy atom. The fourth-order valence-corrected chi connectivity index (χ4v) is 10.7. The second-order valence-corrected chi connectivity index (χ2v) is 15.2. The Labute approximate surface area is 252 Å². The van der Waals surface area contributed by atoms with Gasteiger partial charge in [-0.2, -0.15) is 0 Å². The van der Waals surface area contributed by atoms with Crippen LogP contribution in [0.2, 0.25) is 0 Å². The first-order valence-corrected chi connectivity index (χ1v) is 18.8. The summed E-state index contributed by atoms with van der Waals surface area (Å²) >= 11 is 6.86. The molecule has 0 aromatic carbocycles. The lowest BCUT2D eigenvalue weighted by molar-refractivity contribution is 0.102. The van der Waals surface area contributed by atoms with E-state index in [9.17, 15) is 0 Å². The van der Waals surface area contributed by atoms with E-state index in [1.165, 1.54) is 38.5 Å². The molecule has 2 aliphatic rings. The summed E-state index contributed by atoms with van der Waals surface area (Å²) in [6.45, 7) is 17.5. The predicted molar refractivity (Wildman–Crippen MR) is 178 cm³/mol. The van der Waals surface area contributed by atoms with Crippen molar-refractivity contribution in [2.45, 2.75) is 118 Å². The van der Waals surface area contributed by atoms with Crippen LogP contribution in [0.25, 0.3) is 0 Å². The van der Waals surface area contributed by atoms with Gasteiger partial charge < -0.3 is 9.47 Å². The maximum atomic E-state index is 7.05. The summed E-state index contributed by atoms with van der Waals surface area (Å²) in [4.78, 5) is 0. The molecule has 0 N–H and O–H groups in total. The highest BCUT2D eigenvalue weighted by Gasteiger charge is 2.39. The fourth-order valence-electron chi connectivity index (χ4n) is 5.45. The van der Waals surface area contributed by atoms with Crippen LogP contribution in [-0.2, 0) is 21.3 Å². The molecule has 0 saturated heterocycles. The number of hydrogen-bond acceptors (Lipinski definition) is 3. The average molecular weight is 589 g/mol. The molecular formula is C34H57N2O2PS. The van der Waals surface area contributed by atoms with Crippen molar-refractivity contribution in [1.29, 1.82) is 0 Å². The topological polar surface area (TPSA) is 24.9 Å². The number of allylic oxidation sites excluding steroid dienone is 6. The van der Waals surface area contributed by atoms with Crippen molar-refractivity contribution in [3.05, 3.63) is 47.2 Å². The van der Waals surface area contributed by atoms with Gasteiger partial charge >= 0.3 is 0 Å². The van der Waals surface area contributed by atoms with Crippen LogP contribution in [0.5, 0.6) is 0 Å². The van der Waals surface area contributed by atoms with E-state index < -0.39 is 6.34 Å². The predicted octanol–water partition coefficient (Wildman–Crippen LogP) is 9.57. The van der Waals surface area contributed by atoms with E-state index in [1.807, 2.05) is 0 Å². The monoisotopic (exact) mass is 588 g/mol. The molecule has 1 atom stereocenters. The van der Waals surface area contributed by atoms with Crippen LogP contribution in [0, 0.1) is 17.8 Å². The molecule has 0 amide bonds. The SMILES string of the molecule is CCCC#CCC(C)COC1=C/C=C\C=C/C(OC2CCCCCCCC2)=C\1P(=S)(N(CC)CC)N(CC)CC. The summed E-state index contributed by atoms with van der Waals surface area (Å²) in [5.74, 6) is 8.75. The number of hydrogen-bond donors (Lipinski definition) is 0. The van der Waals surface area contributed by atoms with Gasteiger partial charge in [0.05, 0.1) is 18.0 Å². The Kier molecular flexibility index (Phi) is 17.2. The first-order valence-electron chi connectivity index (χ1n) is 16.1. The second-order valence-electron chi connectivity index (χ2n) is 11.0. The molecule has 0 aromatic heterocycles. The van der Waals surface area contributed by atoms with Crippen molar-refractivity contribution in [3.8, 4) is 11.8 Å². The zero-order chi connectivity index (χ0) is 29.2. The van der Waals surface area contributed by atoms with Crippen LogP contribution in [0.4, 0.5) is 0 Å². The van der Waals surface area contributed by atoms with Crippen LogP contribution in [-0.4, -0.2) is 48.2 Å². The van der Waals surface area contributed by atoms with Gasteiger partial charge in [0, 0.05) is 44.9 Å². The van der Waals surface area contributed by atoms with Crippen LogP contribution < -0.4 is 0 Å². The van der Waals surface area contributed by atoms with Gasteiger partial charge in [-0.3, -0.25) is 9.34 Å². The normalized spacial score (nSPS) is 22.9. The number of rotatable bonds is 14. The summed E-state index contributed by atoms with van der Waals surface area (Å²) in [7, 11) is 0. The molecule has 0 aliphatic heterocycles. The summed E-state index contributed by atoms with van der Waals surface area (Å²) in [6.07, 6.45) is 21.2. The Bertz CT molecular complexity index is 940. The van der Waals surface area contributed by atoms with E-state index in [-0.39, 0.29) is 6.10 Å². The molecular weight excluding hydrogens is 531 g/mol. The van der Waals surface area contributed by atoms with Crippen molar-refractivity contribution >= 4 is 18.1 Å². The maximum Gasteiger partial charge on any atom is 0.134 e. The zero-order valence-corrected chi connectivity index (χ0v) is 28.1. The molecule has 1 unspecified atom stereocenters. The summed E-state index contributed by atoms with van der Waals surface area (Å²) in [5.41, 5.74) is 0. The quantitative estimate of drug-likeness (QED) is 0.149. The van der Waals surface area contributed by atoms with Gasteiger partial charge in [-0.05, 0) is 44.3 Å². The minimum atomic E-state index is -2.41. The van der Waals surface area contributed by atoms with E-state index in [0.29, 0.717) is 12.5 Å². The van der Waals surface area contributed by atoms with Crippen LogP contribution in [0.15, 0.2) is 47.2 Å². The van der Waals surface area contributed by atoms with Gasteiger partial charge in [-0.25, -0.2) is 0 Å². The minimum absolute atomic E-state index is 0.210. The zero-order valence-electron chi connectivity index (χ0n) is 26.4. The molecule has 4 nitrogen and oxygen atoms in total. The van der Waals surface area contributed by atoms with Crippen molar-refractivity contribution in [3.63, 3.8) is 0 Å². The number of unbranched alkanes of at least 4 members (excludes halogenated alkanes) is 1. The lowest BCUT2D eigenvalue weighted by Gasteiger charge is -2.44. The molecule has 226 valence electrons. The van der Waals surface area contributed by atoms with Gasteiger partial charge in [0.25, 0.3) is 0 Å². The first-order chi connectivity index (χ1) is 19.5. The maximum absolute atomic E-state index is 7.05. The summed E-state index contributed by atoms with van der Waals surface area (Å²) < 4.78 is 18.8. The fraction of sp³-hybridized carbons (Fsp3) is 0.706. The van der Waals surface area contributed by atoms with Crippen LogP contribution in [0.1, 0.15) is 112 Å². The molecule has 2 rings (SSSR count). The number of nitrogens with zero attached hydrogens (tertiary/aromatic N) is 2. The highest BCUT2D eigenvalue weighted by atomic mass is 32.4. The van der Waals surface area contributed by atoms with Crippen molar-refractivity contribution < 1.29 is 9.47 Å². The summed E-state index contributed by atoms with van der Waals surface area (Å²) in [5, 5.41) is 1.08. The highest BCUT2D eigenvalue weighted by Crippen LogP contribution is 2.64. The Balaban J connectivity index is 2.61. The Morgan fingerprint density at radius 3 is 2.05 bits per heavy atom. The molecule has 1 saturated carbocycles. The third-order valence-corrected chi connectivity index (χ3v) is 13.4. The molecule has 2 aliphatic carbocycles. The van der Waals surface area contributed by atoms with Crippen molar-refractivity contribution in [2.75, 3.05) is 32.8 Å². The van der Waals surface area contributed by atoms with Crippen LogP contribution in [0.3, 0.4) is 0 Å². The van der Waals surface area contributed by atoms with E-state index in [4.69, 9.17) is 21.3 Å². The van der Waals surface area contributed by atoms with E-state index >= 15 is 0 Å². The van der Waals surface area contributed by atoms with E-state index in [0.717, 1.165) is 75.1 Å². The average Bonchev–Trinajstić information content (AvgIpc) is 3.07. The molecule has 6 heteroatoms. The largest absolute Gasteiger partial charge is 0.492 e. The van der Waals surface area contributed by atoms with E-state index in [1.54, 1.807) is 0 Å². The molecule has 1 fully saturated rings. The van der Waals surface area contributed by atoms with Gasteiger partial charge in [-0.15, -0.1) is 11.8 Å². The second kappa shape index (κ2) is 19.7. The number of ether oxygens (including phenoxy) is 2. The third-order valence-electron chi connectivity index (χ3n) is 7.77. The molecule has 0 spiro atoms. The Morgan fingerprint density at radius 1 is 0.875 bits per heavy atom. The lowest BCUT2D eigenvalue weighted by atomic mass is 10.1. The van der Waals surface area contributed by atoms with Crippen LogP contribution >= 0.6 is 6.34 Å². The molecule has 0 aromatic rings. The highest BCUT2D eigenvalue weighted by molar-refractivity contribution is 8.14. The third kappa shape index (κ3) is 10.5. The molecule has 0 radical (unpaired) electrons. The minimum Gasteiger partial charge on any atom is -0.492 e. The standard InChI is InChI=1S/C34H57N2O2PS/c1-7-12-13-19-24-30(6)29-37-32-27-22-18-23-28-33(38-31-25-20-16-14-15-17-21-26-31)34(32)39(40,35(8-2)9-3)36(10-4)11-5/h18,22-23,27-28,30-31H,7-12,14-17,20-21,24-26,29H2,1-6H3/b22-18-,23-18?,27-22?,28-23-,32-27+,33-28?,34-32?,34-33-. The molecule has 0 bridgehead atoms. The van der Waals surface area contributed by atoms with Gasteiger partial charge in [0.2, 0.25) is 0 Å². The van der Waals surface area contributed by atoms with Gasteiger partial charge in [0.15, 0.2) is 0 Å². The first kappa shape index (κ1) is 34.9. The van der Waals surface area contributed by atoms with Crippen molar-refractivity contribution in [2.24, 2.45) is 5.92 Å². The molecule has 40 heavy (non-hydrogen) atoms. The van der Waals surface area contributed by atoms with E-state index in [2.05, 4.69) is 93.1 Å². The van der Waals surface area contributed by atoms with Crippen molar-refractivity contribution in [1.82, 2.24) is 9.34 Å². The summed E-state index contributed by atoms with van der Waals surface area (Å²) in [6, 6.07) is 0. The Hall–Kier alpha value is -1.31. The van der Waals surface area contributed by atoms with Gasteiger partial charge in [-0.1, -0.05) is 97.3 Å². The van der Waals surface area contributed by atoms with Gasteiger partial charge in [0.1, 0.15) is 17.9 Å².